The molecule has 0 saturated heterocycles. The van der Waals surface area contributed by atoms with Crippen LogP contribution in [-0.4, -0.2) is 27.4 Å². The van der Waals surface area contributed by atoms with Gasteiger partial charge < -0.3 is 14.5 Å². The van der Waals surface area contributed by atoms with Crippen molar-refractivity contribution in [1.29, 1.82) is 0 Å². The maximum Gasteiger partial charge on any atom is 0.316 e. The zero-order valence-corrected chi connectivity index (χ0v) is 12.6. The van der Waals surface area contributed by atoms with Gasteiger partial charge in [0, 0.05) is 17.9 Å². The van der Waals surface area contributed by atoms with Crippen molar-refractivity contribution in [3.05, 3.63) is 53.6 Å². The molecule has 1 N–H and O–H groups in total. The minimum absolute atomic E-state index is 0.191. The number of pyridine rings is 1. The van der Waals surface area contributed by atoms with Crippen LogP contribution in [0, 0.1) is 13.8 Å². The Kier molecular flexibility index (Phi) is 3.50. The smallest absolute Gasteiger partial charge is 0.316 e. The molecule has 3 aromatic heterocycles. The van der Waals surface area contributed by atoms with Crippen LogP contribution in [0.4, 0.5) is 5.69 Å². The van der Waals surface area contributed by atoms with E-state index < -0.39 is 0 Å². The number of fused-ring (bicyclic) bond motifs is 1. The Labute approximate surface area is 127 Å². The lowest BCUT2D eigenvalue weighted by atomic mass is 10.2. The summed E-state index contributed by atoms with van der Waals surface area (Å²) in [7, 11) is 1.51. The lowest BCUT2D eigenvalue weighted by Crippen LogP contribution is -2.14. The summed E-state index contributed by atoms with van der Waals surface area (Å²) in [5.74, 6) is -0.191. The van der Waals surface area contributed by atoms with Crippen LogP contribution >= 0.6 is 0 Å². The van der Waals surface area contributed by atoms with Gasteiger partial charge in [-0.1, -0.05) is 6.07 Å². The second-order valence-electron chi connectivity index (χ2n) is 4.97. The molecule has 0 aliphatic carbocycles. The summed E-state index contributed by atoms with van der Waals surface area (Å²) in [5, 5.41) is 2.87. The van der Waals surface area contributed by atoms with Crippen LogP contribution in [0.15, 0.2) is 36.7 Å². The molecule has 0 aromatic carbocycles. The second-order valence-corrected chi connectivity index (χ2v) is 4.97. The predicted molar refractivity (Wildman–Crippen MR) is 83.4 cm³/mol. The van der Waals surface area contributed by atoms with Crippen molar-refractivity contribution in [2.75, 3.05) is 12.4 Å². The summed E-state index contributed by atoms with van der Waals surface area (Å²) in [6, 6.07) is 7.93. The molecule has 3 heterocycles. The molecule has 0 unspecified atom stereocenters. The van der Waals surface area contributed by atoms with Gasteiger partial charge in [-0.3, -0.25) is 4.79 Å². The highest BCUT2D eigenvalue weighted by Gasteiger charge is 2.14. The monoisotopic (exact) mass is 296 g/mol. The standard InChI is InChI=1S/C16H16N4O2/c1-10-14(11(2)18-16(17-10)22-3)19-15(21)12-8-13-6-4-5-7-20(13)9-12/h4-9H,1-3H3,(H,19,21). The maximum absolute atomic E-state index is 12.4. The molecule has 0 spiro atoms. The number of carbonyl (C=O) groups excluding carboxylic acids is 1. The number of carbonyl (C=O) groups is 1. The van der Waals surface area contributed by atoms with E-state index in [1.54, 1.807) is 6.20 Å². The van der Waals surface area contributed by atoms with Gasteiger partial charge >= 0.3 is 6.01 Å². The lowest BCUT2D eigenvalue weighted by Gasteiger charge is -2.10. The Hall–Kier alpha value is -2.89. The molecule has 3 aromatic rings. The molecule has 0 atom stereocenters. The summed E-state index contributed by atoms with van der Waals surface area (Å²) in [4.78, 5) is 20.8. The van der Waals surface area contributed by atoms with Crippen LogP contribution in [-0.2, 0) is 0 Å². The Bertz CT molecular complexity index is 798. The number of rotatable bonds is 3. The van der Waals surface area contributed by atoms with Gasteiger partial charge in [0.25, 0.3) is 5.91 Å². The van der Waals surface area contributed by atoms with Crippen LogP contribution < -0.4 is 10.1 Å². The second kappa shape index (κ2) is 5.48. The zero-order valence-electron chi connectivity index (χ0n) is 12.6. The minimum Gasteiger partial charge on any atom is -0.467 e. The van der Waals surface area contributed by atoms with Gasteiger partial charge in [-0.05, 0) is 32.0 Å². The fourth-order valence-corrected chi connectivity index (χ4v) is 2.32. The number of nitrogens with zero attached hydrogens (tertiary/aromatic N) is 3. The van der Waals surface area contributed by atoms with Crippen LogP contribution in [0.3, 0.4) is 0 Å². The highest BCUT2D eigenvalue weighted by Crippen LogP contribution is 2.20. The number of methoxy groups -OCH3 is 1. The predicted octanol–water partition coefficient (Wildman–Crippen LogP) is 2.61. The van der Waals surface area contributed by atoms with Gasteiger partial charge in [-0.2, -0.15) is 9.97 Å². The number of aryl methyl sites for hydroxylation is 2. The van der Waals surface area contributed by atoms with Gasteiger partial charge in [-0.25, -0.2) is 0 Å². The van der Waals surface area contributed by atoms with E-state index >= 15 is 0 Å². The highest BCUT2D eigenvalue weighted by molar-refractivity contribution is 6.05. The quantitative estimate of drug-likeness (QED) is 0.806. The third-order valence-electron chi connectivity index (χ3n) is 3.44. The molecular weight excluding hydrogens is 280 g/mol. The van der Waals surface area contributed by atoms with Crippen molar-refractivity contribution >= 4 is 17.1 Å². The molecule has 3 rings (SSSR count). The summed E-state index contributed by atoms with van der Waals surface area (Å²) in [6.07, 6.45) is 3.69. The Morgan fingerprint density at radius 3 is 2.59 bits per heavy atom. The molecule has 0 bridgehead atoms. The lowest BCUT2D eigenvalue weighted by molar-refractivity contribution is 0.102. The van der Waals surface area contributed by atoms with Crippen molar-refractivity contribution in [2.45, 2.75) is 13.8 Å². The number of ether oxygens (including phenoxy) is 1. The first-order chi connectivity index (χ1) is 10.6. The third-order valence-corrected chi connectivity index (χ3v) is 3.44. The van der Waals surface area contributed by atoms with Crippen molar-refractivity contribution in [2.24, 2.45) is 0 Å². The number of hydrogen-bond donors (Lipinski definition) is 1. The van der Waals surface area contributed by atoms with Crippen LogP contribution in [0.25, 0.3) is 5.52 Å². The van der Waals surface area contributed by atoms with E-state index in [0.717, 1.165) is 5.52 Å². The molecule has 6 heteroatoms. The normalized spacial score (nSPS) is 10.7. The number of hydrogen-bond acceptors (Lipinski definition) is 4. The van der Waals surface area contributed by atoms with Crippen LogP contribution in [0.5, 0.6) is 6.01 Å². The number of anilines is 1. The average Bonchev–Trinajstić information content (AvgIpc) is 2.94. The fraction of sp³-hybridized carbons (Fsp3) is 0.188. The first-order valence-electron chi connectivity index (χ1n) is 6.86. The minimum atomic E-state index is -0.191. The average molecular weight is 296 g/mol. The zero-order chi connectivity index (χ0) is 15.7. The molecular formula is C16H16N4O2. The molecule has 0 fully saturated rings. The topological polar surface area (TPSA) is 68.5 Å². The van der Waals surface area contributed by atoms with E-state index in [4.69, 9.17) is 4.74 Å². The SMILES string of the molecule is COc1nc(C)c(NC(=O)c2cc3ccccn3c2)c(C)n1. The fourth-order valence-electron chi connectivity index (χ4n) is 2.32. The Balaban J connectivity index is 1.91. The molecule has 112 valence electrons. The van der Waals surface area contributed by atoms with Gasteiger partial charge in [-0.15, -0.1) is 0 Å². The van der Waals surface area contributed by atoms with Gasteiger partial charge in [0.05, 0.1) is 29.7 Å². The largest absolute Gasteiger partial charge is 0.467 e. The van der Waals surface area contributed by atoms with Crippen LogP contribution in [0.2, 0.25) is 0 Å². The van der Waals surface area contributed by atoms with Gasteiger partial charge in [0.15, 0.2) is 0 Å². The van der Waals surface area contributed by atoms with Crippen LogP contribution in [0.1, 0.15) is 21.7 Å². The Morgan fingerprint density at radius 1 is 1.23 bits per heavy atom. The number of nitrogens with one attached hydrogen (secondary N) is 1. The van der Waals surface area contributed by atoms with Gasteiger partial charge in [0.1, 0.15) is 0 Å². The van der Waals surface area contributed by atoms with Crippen molar-refractivity contribution in [3.8, 4) is 6.01 Å². The summed E-state index contributed by atoms with van der Waals surface area (Å²) >= 11 is 0. The van der Waals surface area contributed by atoms with Gasteiger partial charge in [0.2, 0.25) is 0 Å². The van der Waals surface area contributed by atoms with Crippen molar-refractivity contribution < 1.29 is 9.53 Å². The molecule has 6 nitrogen and oxygen atoms in total. The van der Waals surface area contributed by atoms with E-state index in [-0.39, 0.29) is 5.91 Å². The van der Waals surface area contributed by atoms with E-state index in [1.807, 2.05) is 48.7 Å². The first kappa shape index (κ1) is 14.1. The van der Waals surface area contributed by atoms with E-state index in [2.05, 4.69) is 15.3 Å². The third kappa shape index (κ3) is 2.50. The number of aromatic nitrogens is 3. The Morgan fingerprint density at radius 2 is 1.95 bits per heavy atom. The van der Waals surface area contributed by atoms with Crippen molar-refractivity contribution in [1.82, 2.24) is 14.4 Å². The maximum atomic E-state index is 12.4. The molecule has 0 aliphatic heterocycles. The first-order valence-corrected chi connectivity index (χ1v) is 6.86. The van der Waals surface area contributed by atoms with E-state index in [0.29, 0.717) is 28.6 Å². The molecule has 0 radical (unpaired) electrons. The molecule has 22 heavy (non-hydrogen) atoms. The highest BCUT2D eigenvalue weighted by atomic mass is 16.5. The summed E-state index contributed by atoms with van der Waals surface area (Å²) in [6.45, 7) is 3.62. The van der Waals surface area contributed by atoms with E-state index in [9.17, 15) is 4.79 Å². The summed E-state index contributed by atoms with van der Waals surface area (Å²) < 4.78 is 6.92. The molecule has 0 aliphatic rings. The molecule has 0 saturated carbocycles. The summed E-state index contributed by atoms with van der Waals surface area (Å²) in [5.41, 5.74) is 3.50. The van der Waals surface area contributed by atoms with E-state index in [1.165, 1.54) is 7.11 Å². The molecule has 1 amide bonds. The number of amides is 1. The van der Waals surface area contributed by atoms with Crippen molar-refractivity contribution in [3.63, 3.8) is 0 Å².